The van der Waals surface area contributed by atoms with Gasteiger partial charge in [0.25, 0.3) is 0 Å². The molecule has 3 aromatic carbocycles. The zero-order chi connectivity index (χ0) is 21.6. The molecule has 0 N–H and O–H groups in total. The monoisotopic (exact) mass is 444 g/mol. The highest BCUT2D eigenvalue weighted by Crippen LogP contribution is 2.29. The third-order valence-corrected chi connectivity index (χ3v) is 7.64. The van der Waals surface area contributed by atoms with E-state index in [-0.39, 0.29) is 0 Å². The summed E-state index contributed by atoms with van der Waals surface area (Å²) in [5, 5.41) is 0. The lowest BCUT2D eigenvalue weighted by atomic mass is 9.90. The summed E-state index contributed by atoms with van der Waals surface area (Å²) in [6, 6.07) is 29.1. The van der Waals surface area contributed by atoms with Gasteiger partial charge < -0.3 is 4.74 Å². The van der Waals surface area contributed by atoms with E-state index in [1.807, 2.05) is 11.9 Å². The van der Waals surface area contributed by atoms with Crippen LogP contribution in [0.2, 0.25) is 0 Å². The summed E-state index contributed by atoms with van der Waals surface area (Å²) in [5.74, 6) is 0.665. The summed E-state index contributed by atoms with van der Waals surface area (Å²) >= 11 is 1.84. The molecule has 2 aliphatic rings. The van der Waals surface area contributed by atoms with Gasteiger partial charge in [-0.15, -0.1) is 0 Å². The number of piperidine rings is 1. The molecule has 1 unspecified atom stereocenters. The second-order valence-corrected chi connectivity index (χ2v) is 10.0. The minimum absolute atomic E-state index is 0.665. The van der Waals surface area contributed by atoms with Crippen LogP contribution < -0.4 is 0 Å². The first-order valence-electron chi connectivity index (χ1n) is 11.8. The van der Waals surface area contributed by atoms with E-state index in [1.165, 1.54) is 46.5 Å². The highest BCUT2D eigenvalue weighted by Gasteiger charge is 2.21. The molecule has 1 atom stereocenters. The number of hydrogen-bond acceptors (Lipinski definition) is 4. The Morgan fingerprint density at radius 1 is 0.781 bits per heavy atom. The van der Waals surface area contributed by atoms with Gasteiger partial charge in [-0.3, -0.25) is 4.90 Å². The number of likely N-dealkylation sites (tertiary alicyclic amines) is 1. The molecule has 3 aromatic rings. The van der Waals surface area contributed by atoms with E-state index in [9.17, 15) is 0 Å². The first-order chi connectivity index (χ1) is 15.8. The van der Waals surface area contributed by atoms with E-state index < -0.39 is 0 Å². The van der Waals surface area contributed by atoms with Crippen molar-refractivity contribution in [3.63, 3.8) is 0 Å². The number of nitrogens with zero attached hydrogens (tertiary/aromatic N) is 2. The Hall–Kier alpha value is -2.11. The van der Waals surface area contributed by atoms with E-state index in [4.69, 9.17) is 4.74 Å². The van der Waals surface area contributed by atoms with Crippen molar-refractivity contribution in [3.8, 4) is 11.1 Å². The van der Waals surface area contributed by atoms with Gasteiger partial charge >= 0.3 is 0 Å². The summed E-state index contributed by atoms with van der Waals surface area (Å²) in [7, 11) is 0. The Morgan fingerprint density at radius 2 is 1.47 bits per heavy atom. The van der Waals surface area contributed by atoms with Gasteiger partial charge in [-0.05, 0) is 71.6 Å². The summed E-state index contributed by atoms with van der Waals surface area (Å²) in [4.78, 5) is 3.92. The van der Waals surface area contributed by atoms with Crippen molar-refractivity contribution in [2.45, 2.75) is 30.2 Å². The SMILES string of the molecule is c1ccc(C2CCCN(Cc3ccc(-c4ccc(SN5CCOCC5)cc4)cc3)C2)cc1. The van der Waals surface area contributed by atoms with E-state index in [0.717, 1.165) is 39.4 Å². The third-order valence-electron chi connectivity index (χ3n) is 6.53. The van der Waals surface area contributed by atoms with E-state index in [1.54, 1.807) is 0 Å². The number of benzene rings is 3. The van der Waals surface area contributed by atoms with E-state index >= 15 is 0 Å². The minimum atomic E-state index is 0.665. The molecule has 0 aromatic heterocycles. The van der Waals surface area contributed by atoms with Gasteiger partial charge in [-0.25, -0.2) is 4.31 Å². The molecule has 32 heavy (non-hydrogen) atoms. The van der Waals surface area contributed by atoms with Crippen molar-refractivity contribution in [2.24, 2.45) is 0 Å². The van der Waals surface area contributed by atoms with Crippen LogP contribution in [0.1, 0.15) is 29.9 Å². The average Bonchev–Trinajstić information content (AvgIpc) is 2.86. The molecule has 2 saturated heterocycles. The fourth-order valence-electron chi connectivity index (χ4n) is 4.75. The maximum Gasteiger partial charge on any atom is 0.0603 e. The summed E-state index contributed by atoms with van der Waals surface area (Å²) < 4.78 is 7.82. The third kappa shape index (κ3) is 5.62. The predicted molar refractivity (Wildman–Crippen MR) is 134 cm³/mol. The topological polar surface area (TPSA) is 15.7 Å². The van der Waals surface area contributed by atoms with Gasteiger partial charge in [0.05, 0.1) is 13.2 Å². The second kappa shape index (κ2) is 10.7. The highest BCUT2D eigenvalue weighted by atomic mass is 32.2. The van der Waals surface area contributed by atoms with E-state index in [2.05, 4.69) is 88.1 Å². The van der Waals surface area contributed by atoms with Crippen LogP contribution in [-0.2, 0) is 11.3 Å². The second-order valence-electron chi connectivity index (χ2n) is 8.84. The molecule has 2 fully saturated rings. The molecule has 2 heterocycles. The number of ether oxygens (including phenoxy) is 1. The first kappa shape index (κ1) is 21.7. The molecule has 166 valence electrons. The number of morpholine rings is 1. The molecule has 0 radical (unpaired) electrons. The smallest absolute Gasteiger partial charge is 0.0603 e. The molecule has 0 bridgehead atoms. The maximum atomic E-state index is 5.44. The molecular weight excluding hydrogens is 412 g/mol. The summed E-state index contributed by atoms with van der Waals surface area (Å²) in [5.41, 5.74) is 5.47. The van der Waals surface area contributed by atoms with E-state index in [0.29, 0.717) is 5.92 Å². The Labute approximate surface area is 196 Å². The highest BCUT2D eigenvalue weighted by molar-refractivity contribution is 7.97. The summed E-state index contributed by atoms with van der Waals surface area (Å²) in [6.45, 7) is 7.07. The molecule has 3 nitrogen and oxygen atoms in total. The van der Waals surface area contributed by atoms with Crippen molar-refractivity contribution in [2.75, 3.05) is 39.4 Å². The Balaban J connectivity index is 1.18. The number of hydrogen-bond donors (Lipinski definition) is 0. The van der Waals surface area contributed by atoms with Crippen molar-refractivity contribution in [3.05, 3.63) is 90.0 Å². The molecular formula is C28H32N2OS. The van der Waals surface area contributed by atoms with Crippen molar-refractivity contribution >= 4 is 11.9 Å². The zero-order valence-electron chi connectivity index (χ0n) is 18.7. The van der Waals surface area contributed by atoms with Crippen LogP contribution in [0.25, 0.3) is 11.1 Å². The van der Waals surface area contributed by atoms with Crippen molar-refractivity contribution < 1.29 is 4.74 Å². The maximum absolute atomic E-state index is 5.44. The minimum Gasteiger partial charge on any atom is -0.379 e. The molecule has 0 spiro atoms. The molecule has 4 heteroatoms. The standard InChI is InChI=1S/C28H32N2OS/c1-2-5-24(6-3-1)27-7-4-16-29(22-27)21-23-8-10-25(11-9-23)26-12-14-28(15-13-26)32-30-17-19-31-20-18-30/h1-3,5-6,8-15,27H,4,7,16-22H2. The quantitative estimate of drug-likeness (QED) is 0.429. The Morgan fingerprint density at radius 3 is 2.19 bits per heavy atom. The van der Waals surface area contributed by atoms with Crippen LogP contribution in [-0.4, -0.2) is 48.6 Å². The van der Waals surface area contributed by atoms with Gasteiger partial charge in [0, 0.05) is 31.1 Å². The normalized spacial score (nSPS) is 20.3. The predicted octanol–water partition coefficient (Wildman–Crippen LogP) is 6.07. The lowest BCUT2D eigenvalue weighted by Gasteiger charge is -2.33. The number of rotatable bonds is 6. The van der Waals surface area contributed by atoms with Gasteiger partial charge in [0.2, 0.25) is 0 Å². The van der Waals surface area contributed by atoms with Crippen molar-refractivity contribution in [1.29, 1.82) is 0 Å². The van der Waals surface area contributed by atoms with Crippen molar-refractivity contribution in [1.82, 2.24) is 9.21 Å². The van der Waals surface area contributed by atoms with Gasteiger partial charge in [-0.2, -0.15) is 0 Å². The molecule has 2 aliphatic heterocycles. The average molecular weight is 445 g/mol. The lowest BCUT2D eigenvalue weighted by molar-refractivity contribution is 0.0773. The fraction of sp³-hybridized carbons (Fsp3) is 0.357. The van der Waals surface area contributed by atoms with Gasteiger partial charge in [0.1, 0.15) is 0 Å². The fourth-order valence-corrected chi connectivity index (χ4v) is 5.64. The molecule has 0 saturated carbocycles. The van der Waals surface area contributed by atoms with Crippen LogP contribution in [0.5, 0.6) is 0 Å². The molecule has 5 rings (SSSR count). The molecule has 0 aliphatic carbocycles. The Kier molecular flexibility index (Phi) is 7.24. The van der Waals surface area contributed by atoms with Crippen LogP contribution in [0.4, 0.5) is 0 Å². The van der Waals surface area contributed by atoms with Gasteiger partial charge in [-0.1, -0.05) is 66.7 Å². The van der Waals surface area contributed by atoms with Gasteiger partial charge in [0.15, 0.2) is 0 Å². The Bertz CT molecular complexity index is 969. The van der Waals surface area contributed by atoms with Crippen LogP contribution >= 0.6 is 11.9 Å². The lowest BCUT2D eigenvalue weighted by Crippen LogP contribution is -2.33. The largest absolute Gasteiger partial charge is 0.379 e. The summed E-state index contributed by atoms with van der Waals surface area (Å²) in [6.07, 6.45) is 2.59. The zero-order valence-corrected chi connectivity index (χ0v) is 19.5. The van der Waals surface area contributed by atoms with Crippen LogP contribution in [0, 0.1) is 0 Å². The van der Waals surface area contributed by atoms with Crippen LogP contribution in [0.15, 0.2) is 83.8 Å². The van der Waals surface area contributed by atoms with Crippen LogP contribution in [0.3, 0.4) is 0 Å². The molecule has 0 amide bonds. The first-order valence-corrected chi connectivity index (χ1v) is 12.6.